The van der Waals surface area contributed by atoms with Crippen molar-refractivity contribution in [3.05, 3.63) is 193 Å². The number of benzene rings is 9. The molecular weight excluding hydrogens is 745 g/mol. The Balaban J connectivity index is 1.04. The molecule has 0 amide bonds. The van der Waals surface area contributed by atoms with E-state index in [1.54, 1.807) is 0 Å². The summed E-state index contributed by atoms with van der Waals surface area (Å²) in [6, 6.07) is 66.3. The van der Waals surface area contributed by atoms with Crippen LogP contribution in [0.5, 0.6) is 0 Å². The highest BCUT2D eigenvalue weighted by Crippen LogP contribution is 2.51. The van der Waals surface area contributed by atoms with Crippen LogP contribution < -0.4 is 0 Å². The Labute approximate surface area is 350 Å². The van der Waals surface area contributed by atoms with Gasteiger partial charge in [-0.1, -0.05) is 117 Å². The number of rotatable bonds is 3. The van der Waals surface area contributed by atoms with Crippen LogP contribution in [0.15, 0.2) is 191 Å². The number of nitrogens with zero attached hydrogens (tertiary/aromatic N) is 2. The van der Waals surface area contributed by atoms with Gasteiger partial charge in [-0.15, -0.1) is 0 Å². The topological polar surface area (TPSA) is 36.1 Å². The SMILES string of the molecule is CC1(C)c2ccccc2-c2cc3c4cc(-c5ccc6c(c5)c5cc7c(cc5n6-c5cccc6c5oc5ccccc56)oc5ccccc57)ccc4n(-c4ccccc4)c3cc21. The molecule has 0 aliphatic heterocycles. The predicted octanol–water partition coefficient (Wildman–Crippen LogP) is 15.7. The van der Waals surface area contributed by atoms with Gasteiger partial charge in [0.1, 0.15) is 16.7 Å². The smallest absolute Gasteiger partial charge is 0.159 e. The number of hydrogen-bond donors (Lipinski definition) is 0. The zero-order chi connectivity index (χ0) is 40.1. The summed E-state index contributed by atoms with van der Waals surface area (Å²) in [5.74, 6) is 0. The van der Waals surface area contributed by atoms with Gasteiger partial charge in [-0.05, 0) is 106 Å². The van der Waals surface area contributed by atoms with Gasteiger partial charge in [0.05, 0.1) is 27.8 Å². The van der Waals surface area contributed by atoms with Gasteiger partial charge in [0.25, 0.3) is 0 Å². The predicted molar refractivity (Wildman–Crippen MR) is 253 cm³/mol. The normalized spacial score (nSPS) is 13.5. The van der Waals surface area contributed by atoms with Gasteiger partial charge in [-0.3, -0.25) is 0 Å². The van der Waals surface area contributed by atoms with Crippen LogP contribution in [0.4, 0.5) is 0 Å². The van der Waals surface area contributed by atoms with E-state index in [1.807, 2.05) is 12.1 Å². The van der Waals surface area contributed by atoms with Crippen molar-refractivity contribution in [1.29, 1.82) is 0 Å². The Hall–Kier alpha value is -7.82. The summed E-state index contributed by atoms with van der Waals surface area (Å²) in [5, 5.41) is 9.30. The van der Waals surface area contributed by atoms with E-state index in [4.69, 9.17) is 8.83 Å². The maximum Gasteiger partial charge on any atom is 0.159 e. The molecule has 0 fully saturated rings. The molecule has 1 aliphatic carbocycles. The molecule has 0 bridgehead atoms. The molecule has 13 aromatic rings. The van der Waals surface area contributed by atoms with Crippen LogP contribution in [0, 0.1) is 0 Å². The Kier molecular flexibility index (Phi) is 6.33. The first-order valence-corrected chi connectivity index (χ1v) is 21.1. The van der Waals surface area contributed by atoms with E-state index in [0.717, 1.165) is 66.3 Å². The van der Waals surface area contributed by atoms with Crippen LogP contribution in [0.1, 0.15) is 25.0 Å². The van der Waals surface area contributed by atoms with E-state index in [0.29, 0.717) is 0 Å². The van der Waals surface area contributed by atoms with Gasteiger partial charge in [-0.2, -0.15) is 0 Å². The number of hydrogen-bond acceptors (Lipinski definition) is 2. The lowest BCUT2D eigenvalue weighted by atomic mass is 9.82. The fourth-order valence-electron chi connectivity index (χ4n) is 10.8. The van der Waals surface area contributed by atoms with E-state index in [2.05, 4.69) is 193 Å². The van der Waals surface area contributed by atoms with Crippen molar-refractivity contribution in [1.82, 2.24) is 9.13 Å². The molecule has 0 spiro atoms. The Bertz CT molecular complexity index is 4020. The van der Waals surface area contributed by atoms with Crippen molar-refractivity contribution >= 4 is 87.5 Å². The fourth-order valence-corrected chi connectivity index (χ4v) is 10.8. The van der Waals surface area contributed by atoms with Gasteiger partial charge < -0.3 is 18.0 Å². The third-order valence-electron chi connectivity index (χ3n) is 13.7. The van der Waals surface area contributed by atoms with Crippen molar-refractivity contribution in [2.45, 2.75) is 19.3 Å². The number of aromatic nitrogens is 2. The molecule has 1 aliphatic rings. The van der Waals surface area contributed by atoms with Crippen LogP contribution in [0.3, 0.4) is 0 Å². The largest absolute Gasteiger partial charge is 0.456 e. The molecule has 0 unspecified atom stereocenters. The number of furan rings is 2. The molecular formula is C57H36N2O2. The lowest BCUT2D eigenvalue weighted by molar-refractivity contribution is 0.661. The van der Waals surface area contributed by atoms with Crippen LogP contribution in [-0.2, 0) is 5.41 Å². The van der Waals surface area contributed by atoms with Crippen molar-refractivity contribution in [3.8, 4) is 33.6 Å². The molecule has 286 valence electrons. The first-order valence-electron chi connectivity index (χ1n) is 21.1. The lowest BCUT2D eigenvalue weighted by Crippen LogP contribution is -2.14. The van der Waals surface area contributed by atoms with Gasteiger partial charge in [0.2, 0.25) is 0 Å². The van der Waals surface area contributed by atoms with Crippen molar-refractivity contribution in [2.24, 2.45) is 0 Å². The van der Waals surface area contributed by atoms with Gasteiger partial charge in [0, 0.05) is 60.3 Å². The molecule has 0 saturated carbocycles. The summed E-state index contributed by atoms with van der Waals surface area (Å²) in [6.45, 7) is 4.73. The van der Waals surface area contributed by atoms with E-state index in [1.165, 1.54) is 66.0 Å². The van der Waals surface area contributed by atoms with E-state index in [9.17, 15) is 0 Å². The minimum atomic E-state index is -0.0951. The number of fused-ring (bicyclic) bond motifs is 15. The molecule has 0 saturated heterocycles. The maximum atomic E-state index is 6.66. The summed E-state index contributed by atoms with van der Waals surface area (Å²) >= 11 is 0. The third kappa shape index (κ3) is 4.38. The molecule has 4 nitrogen and oxygen atoms in total. The minimum Gasteiger partial charge on any atom is -0.456 e. The molecule has 0 radical (unpaired) electrons. The summed E-state index contributed by atoms with van der Waals surface area (Å²) in [5.41, 5.74) is 18.0. The van der Waals surface area contributed by atoms with E-state index >= 15 is 0 Å². The minimum absolute atomic E-state index is 0.0951. The van der Waals surface area contributed by atoms with Gasteiger partial charge in [-0.25, -0.2) is 0 Å². The highest BCUT2D eigenvalue weighted by Gasteiger charge is 2.36. The standard InChI is InChI=1S/C57H36N2O2/c1-57(2)46-19-9-6-15-36(46)40-29-43-41-27-33(23-25-48(41)58(51(43)31-47(40)57)35-13-4-3-5-14-35)34-24-26-49-42(28-34)44-30-45-38-17-8-10-21-53(38)60-55(45)32-52(44)59(49)50-20-12-18-39-37-16-7-11-22-54(37)61-56(39)50/h3-32H,1-2H3. The maximum absolute atomic E-state index is 6.66. The Morgan fingerprint density at radius 3 is 1.75 bits per heavy atom. The number of para-hydroxylation sites is 4. The second kappa shape index (κ2) is 11.7. The average molecular weight is 781 g/mol. The molecule has 4 aromatic heterocycles. The van der Waals surface area contributed by atoms with Crippen LogP contribution in [0.2, 0.25) is 0 Å². The van der Waals surface area contributed by atoms with Crippen molar-refractivity contribution in [3.63, 3.8) is 0 Å². The van der Waals surface area contributed by atoms with Crippen LogP contribution >= 0.6 is 0 Å². The highest BCUT2D eigenvalue weighted by atomic mass is 16.3. The second-order valence-electron chi connectivity index (χ2n) is 17.3. The van der Waals surface area contributed by atoms with Crippen LogP contribution in [-0.4, -0.2) is 9.13 Å². The summed E-state index contributed by atoms with van der Waals surface area (Å²) < 4.78 is 18.0. The molecule has 61 heavy (non-hydrogen) atoms. The van der Waals surface area contributed by atoms with Crippen molar-refractivity contribution in [2.75, 3.05) is 0 Å². The van der Waals surface area contributed by atoms with E-state index < -0.39 is 0 Å². The van der Waals surface area contributed by atoms with Crippen molar-refractivity contribution < 1.29 is 8.83 Å². The first-order chi connectivity index (χ1) is 30.0. The second-order valence-corrected chi connectivity index (χ2v) is 17.3. The zero-order valence-corrected chi connectivity index (χ0v) is 33.5. The molecule has 4 heteroatoms. The Morgan fingerprint density at radius 2 is 0.967 bits per heavy atom. The Morgan fingerprint density at radius 1 is 0.361 bits per heavy atom. The molecule has 14 rings (SSSR count). The molecule has 4 heterocycles. The quantitative estimate of drug-likeness (QED) is 0.179. The average Bonchev–Trinajstić information content (AvgIpc) is 4.08. The third-order valence-corrected chi connectivity index (χ3v) is 13.7. The summed E-state index contributed by atoms with van der Waals surface area (Å²) in [6.07, 6.45) is 0. The zero-order valence-electron chi connectivity index (χ0n) is 33.5. The lowest BCUT2D eigenvalue weighted by Gasteiger charge is -2.21. The summed E-state index contributed by atoms with van der Waals surface area (Å²) in [7, 11) is 0. The van der Waals surface area contributed by atoms with Gasteiger partial charge >= 0.3 is 0 Å². The first kappa shape index (κ1) is 33.1. The fraction of sp³-hybridized carbons (Fsp3) is 0.0526. The molecule has 9 aromatic carbocycles. The summed E-state index contributed by atoms with van der Waals surface area (Å²) in [4.78, 5) is 0. The van der Waals surface area contributed by atoms with Crippen LogP contribution in [0.25, 0.3) is 121 Å². The highest BCUT2D eigenvalue weighted by molar-refractivity contribution is 6.19. The monoisotopic (exact) mass is 780 g/mol. The van der Waals surface area contributed by atoms with Gasteiger partial charge in [0.15, 0.2) is 5.58 Å². The molecule has 0 N–H and O–H groups in total. The molecule has 0 atom stereocenters. The van der Waals surface area contributed by atoms with E-state index in [-0.39, 0.29) is 5.41 Å².